The summed E-state index contributed by atoms with van der Waals surface area (Å²) in [5.41, 5.74) is 25.0. The van der Waals surface area contributed by atoms with Crippen molar-refractivity contribution in [2.75, 3.05) is 41.8 Å². The summed E-state index contributed by atoms with van der Waals surface area (Å²) in [5.74, 6) is 0. The van der Waals surface area contributed by atoms with Crippen LogP contribution in [0.3, 0.4) is 0 Å². The largest absolute Gasteiger partial charge is 0.399 e. The van der Waals surface area contributed by atoms with E-state index in [0.717, 1.165) is 97.5 Å². The molecular formula is C96H124B6Br4N8O6Si6. The molecule has 0 saturated heterocycles. The third-order valence-electron chi connectivity index (χ3n) is 19.6. The van der Waals surface area contributed by atoms with Crippen molar-refractivity contribution in [3.63, 3.8) is 0 Å². The number of halogens is 4. The highest BCUT2D eigenvalue weighted by molar-refractivity contribution is 9.11. The van der Waals surface area contributed by atoms with E-state index in [-0.39, 0.29) is 0 Å². The van der Waals surface area contributed by atoms with Gasteiger partial charge >= 0.3 is 44.9 Å². The highest BCUT2D eigenvalue weighted by atomic mass is 79.9. The summed E-state index contributed by atoms with van der Waals surface area (Å²) in [7, 11) is 2.42. The second-order valence-electron chi connectivity index (χ2n) is 35.7. The molecule has 12 aromatic carbocycles. The van der Waals surface area contributed by atoms with E-state index < -0.39 is 48.4 Å². The lowest BCUT2D eigenvalue weighted by molar-refractivity contribution is 0.346. The van der Waals surface area contributed by atoms with Crippen LogP contribution in [0, 0.1) is 0 Å². The molecule has 0 bridgehead atoms. The molecule has 0 unspecified atom stereocenters. The first-order chi connectivity index (χ1) is 59.5. The molecule has 0 fully saturated rings. The number of anilines is 14. The number of rotatable bonds is 30. The van der Waals surface area contributed by atoms with Crippen molar-refractivity contribution in [2.24, 2.45) is 0 Å². The zero-order valence-electron chi connectivity index (χ0n) is 78.0. The van der Waals surface area contributed by atoms with Crippen LogP contribution < -0.4 is 73.0 Å². The van der Waals surface area contributed by atoms with E-state index >= 15 is 0 Å². The number of benzene rings is 12. The lowest BCUT2D eigenvalue weighted by atomic mass is 10.1. The first kappa shape index (κ1) is 105. The van der Waals surface area contributed by atoms with Crippen LogP contribution in [0.2, 0.25) is 159 Å². The van der Waals surface area contributed by atoms with E-state index in [1.807, 2.05) is 197 Å². The van der Waals surface area contributed by atoms with E-state index in [0.29, 0.717) is 0 Å². The van der Waals surface area contributed by atoms with Gasteiger partial charge in [0, 0.05) is 29.3 Å². The first-order valence-corrected chi connectivity index (χ1v) is 66.5. The smallest absolute Gasteiger partial charge is 0.331 e. The zero-order valence-corrected chi connectivity index (χ0v) is 90.3. The third-order valence-corrected chi connectivity index (χ3v) is 34.1. The molecule has 654 valence electrons. The van der Waals surface area contributed by atoms with Crippen LogP contribution in [0.25, 0.3) is 0 Å². The maximum Gasteiger partial charge on any atom is 0.331 e. The molecular weight excluding hydrogens is 1910 g/mol. The summed E-state index contributed by atoms with van der Waals surface area (Å²) in [6.45, 7) is 53.7. The van der Waals surface area contributed by atoms with Crippen LogP contribution in [0.15, 0.2) is 309 Å². The van der Waals surface area contributed by atoms with Crippen LogP contribution in [0.4, 0.5) is 79.6 Å². The molecule has 0 heterocycles. The molecule has 14 nitrogen and oxygen atoms in total. The van der Waals surface area contributed by atoms with Crippen LogP contribution in [-0.2, 0) is 28.5 Å². The Hall–Kier alpha value is -7.59. The molecule has 0 saturated carbocycles. The van der Waals surface area contributed by atoms with Gasteiger partial charge in [0.1, 0.15) is 0 Å². The third kappa shape index (κ3) is 33.7. The number of nitrogens with zero attached hydrogens (tertiary/aromatic N) is 6. The van der Waals surface area contributed by atoms with Gasteiger partial charge in [-0.25, -0.2) is 30.4 Å². The minimum atomic E-state index is -1.28. The minimum Gasteiger partial charge on any atom is -0.399 e. The van der Waals surface area contributed by atoms with E-state index in [9.17, 15) is 0 Å². The Labute approximate surface area is 798 Å². The second-order valence-corrected chi connectivity index (χ2v) is 69.8. The highest BCUT2D eigenvalue weighted by Gasteiger charge is 2.25. The van der Waals surface area contributed by atoms with Crippen molar-refractivity contribution in [3.05, 3.63) is 309 Å². The Kier molecular flexibility index (Phi) is 41.8. The van der Waals surface area contributed by atoms with Gasteiger partial charge < -0.3 is 40.0 Å². The van der Waals surface area contributed by atoms with E-state index in [1.165, 1.54) is 31.1 Å². The SMILES string of the molecule is C[B]ON(c1ccc(Br)cc1)c1ccc(Br)cc1.C[B]ON(c1ccc(Br)cc1)c1ccc(Br)cc1.C[B]ON(c1ccc(N)cc1)c1ccc([Si](C)(C)C)cc1.C[B]ON(c1ccc(N)cc1)c1ccc([Si](C)(C)C)cc1.C[B]ON(c1ccc([Si](C)(C)C)cc1)c1ccc([Si](C)(C)C)cc1.C[B]ON(c1ccc([Si](C)(C)C)cc1)c1ccc([Si](C)(C)C)cc1. The minimum absolute atomic E-state index is 0.744. The molecule has 12 rings (SSSR count). The van der Waals surface area contributed by atoms with Gasteiger partial charge in [0.25, 0.3) is 0 Å². The quantitative estimate of drug-likeness (QED) is 0.0252. The average Bonchev–Trinajstić information content (AvgIpc) is 0.817. The molecule has 0 aliphatic heterocycles. The number of nitrogen functional groups attached to an aromatic ring is 2. The van der Waals surface area contributed by atoms with Gasteiger partial charge in [-0.3, -0.25) is 0 Å². The number of hydrogen-bond donors (Lipinski definition) is 2. The standard InChI is InChI=1S/2C19H29BNOSi2.2C16H22BN2OSi.2C13H11BBr2NO/c2*1-20-22-21(16-8-12-18(13-9-16)23(2,3)4)17-10-14-19(15-11-17)24(5,6)7;2*1-17-20-19(14-7-5-13(18)6-8-14)15-9-11-16(12-10-15)21(2,3)4;2*1-14-18-17(12-6-2-10(15)3-7-12)13-8-4-11(16)5-9-13/h2*8-15H,1-7H3;2*5-12H,18H2,1-4H3;2*2-9H,1H3. The van der Waals surface area contributed by atoms with Gasteiger partial charge in [-0.1, -0.05) is 326 Å². The summed E-state index contributed by atoms with van der Waals surface area (Å²) < 4.78 is 38.2. The molecule has 30 heteroatoms. The number of nitrogens with two attached hydrogens (primary N) is 2. The molecule has 0 spiro atoms. The molecule has 0 aromatic heterocycles. The predicted molar refractivity (Wildman–Crippen MR) is 584 cm³/mol. The van der Waals surface area contributed by atoms with Gasteiger partial charge in [-0.2, -0.15) is 0 Å². The lowest BCUT2D eigenvalue weighted by Gasteiger charge is -2.26. The first-order valence-electron chi connectivity index (χ1n) is 42.3. The van der Waals surface area contributed by atoms with Crippen LogP contribution in [0.5, 0.6) is 0 Å². The molecule has 4 N–H and O–H groups in total. The van der Waals surface area contributed by atoms with Gasteiger partial charge in [-0.05, 0) is 218 Å². The molecule has 0 aliphatic carbocycles. The Morgan fingerprint density at radius 3 is 0.365 bits per heavy atom. The Balaban J connectivity index is 0.000000208. The Bertz CT molecular complexity index is 4640. The summed E-state index contributed by atoms with van der Waals surface area (Å²) >= 11 is 13.7. The monoisotopic (exact) mass is 2030 g/mol. The predicted octanol–water partition coefficient (Wildman–Crippen LogP) is 26.0. The van der Waals surface area contributed by atoms with Crippen LogP contribution in [-0.4, -0.2) is 93.3 Å². The van der Waals surface area contributed by atoms with Crippen molar-refractivity contribution in [3.8, 4) is 0 Å². The lowest BCUT2D eigenvalue weighted by Crippen LogP contribution is -2.37. The van der Waals surface area contributed by atoms with E-state index in [2.05, 4.69) is 327 Å². The molecule has 12 aromatic rings. The number of hydrogen-bond acceptors (Lipinski definition) is 14. The molecule has 126 heavy (non-hydrogen) atoms. The van der Waals surface area contributed by atoms with Gasteiger partial charge in [0.2, 0.25) is 0 Å². The summed E-state index contributed by atoms with van der Waals surface area (Å²) in [5, 5.41) is 19.6. The van der Waals surface area contributed by atoms with E-state index in [1.54, 1.807) is 65.1 Å². The average molecular weight is 2040 g/mol. The fourth-order valence-electron chi connectivity index (χ4n) is 12.4. The zero-order chi connectivity index (χ0) is 92.7. The van der Waals surface area contributed by atoms with Crippen LogP contribution >= 0.6 is 63.7 Å². The van der Waals surface area contributed by atoms with Crippen molar-refractivity contribution >= 4 is 268 Å². The maximum atomic E-state index is 5.80. The van der Waals surface area contributed by atoms with Gasteiger partial charge in [0.15, 0.2) is 0 Å². The molecule has 0 amide bonds. The fourth-order valence-corrected chi connectivity index (χ4v) is 20.4. The Morgan fingerprint density at radius 1 is 0.175 bits per heavy atom. The second kappa shape index (κ2) is 50.0. The molecule has 6 radical (unpaired) electrons. The van der Waals surface area contributed by atoms with Crippen LogP contribution in [0.1, 0.15) is 0 Å². The Morgan fingerprint density at radius 2 is 0.270 bits per heavy atom. The van der Waals surface area contributed by atoms with Gasteiger partial charge in [0.05, 0.1) is 117 Å². The summed E-state index contributed by atoms with van der Waals surface area (Å²) in [6.07, 6.45) is 0. The maximum absolute atomic E-state index is 5.80. The van der Waals surface area contributed by atoms with E-state index in [4.69, 9.17) is 40.0 Å². The van der Waals surface area contributed by atoms with Gasteiger partial charge in [-0.15, -0.1) is 0 Å². The summed E-state index contributed by atoms with van der Waals surface area (Å²) in [6, 6.07) is 99.5. The van der Waals surface area contributed by atoms with Crippen molar-refractivity contribution in [1.82, 2.24) is 0 Å². The molecule has 0 aliphatic rings. The van der Waals surface area contributed by atoms with Crippen molar-refractivity contribution in [2.45, 2.75) is 159 Å². The normalized spacial score (nSPS) is 11.3. The summed E-state index contributed by atoms with van der Waals surface area (Å²) in [4.78, 5) is 0. The topological polar surface area (TPSA) is 127 Å². The highest BCUT2D eigenvalue weighted by Crippen LogP contribution is 2.34. The van der Waals surface area contributed by atoms with Crippen molar-refractivity contribution in [1.29, 1.82) is 0 Å². The fraction of sp³-hybridized carbons (Fsp3) is 0.250. The molecule has 0 atom stereocenters. The van der Waals surface area contributed by atoms with Crippen molar-refractivity contribution < 1.29 is 28.5 Å².